The van der Waals surface area contributed by atoms with Gasteiger partial charge in [-0.3, -0.25) is 9.78 Å². The van der Waals surface area contributed by atoms with Crippen LogP contribution in [0.25, 0.3) is 10.9 Å². The number of carbonyl (C=O) groups excluding carboxylic acids is 2. The number of esters is 1. The number of aromatic nitrogens is 2. The number of amides is 1. The van der Waals surface area contributed by atoms with Crippen LogP contribution in [0, 0.1) is 17.7 Å². The van der Waals surface area contributed by atoms with Crippen molar-refractivity contribution in [3.05, 3.63) is 59.8 Å². The van der Waals surface area contributed by atoms with Gasteiger partial charge in [-0.05, 0) is 73.4 Å². The quantitative estimate of drug-likeness (QED) is 0.546. The summed E-state index contributed by atoms with van der Waals surface area (Å²) in [6, 6.07) is 8.11. The molecule has 0 spiro atoms. The number of carbonyl (C=O) groups is 2. The number of anilines is 2. The van der Waals surface area contributed by atoms with E-state index in [1.54, 1.807) is 18.3 Å². The normalized spacial score (nSPS) is 19.1. The Kier molecular flexibility index (Phi) is 6.53. The van der Waals surface area contributed by atoms with Crippen molar-refractivity contribution in [3.63, 3.8) is 0 Å². The van der Waals surface area contributed by atoms with Crippen LogP contribution in [0.4, 0.5) is 15.8 Å². The molecule has 0 saturated heterocycles. The summed E-state index contributed by atoms with van der Waals surface area (Å²) < 4.78 is 18.5. The standard InChI is InChI=1S/C25H27FN4O3/c1-14(24(31)30-22-12-23(25(32)33-2)29-13-20(22)27)15-3-5-16(6-4-15)18-9-10-28-21-8-7-17(26)11-19(18)21/h7-16H,3-6,27H2,1-2H3,(H,29,30,31). The van der Waals surface area contributed by atoms with Crippen LogP contribution in [-0.4, -0.2) is 29.0 Å². The molecule has 1 unspecified atom stereocenters. The van der Waals surface area contributed by atoms with E-state index in [4.69, 9.17) is 5.73 Å². The third-order valence-corrected chi connectivity index (χ3v) is 6.66. The number of rotatable bonds is 5. The van der Waals surface area contributed by atoms with E-state index in [9.17, 15) is 14.0 Å². The number of pyridine rings is 2. The van der Waals surface area contributed by atoms with E-state index in [1.807, 2.05) is 13.0 Å². The molecule has 2 aromatic heterocycles. The predicted molar refractivity (Wildman–Crippen MR) is 124 cm³/mol. The lowest BCUT2D eigenvalue weighted by Gasteiger charge is -2.32. The van der Waals surface area contributed by atoms with Crippen LogP contribution in [0.5, 0.6) is 0 Å². The Morgan fingerprint density at radius 2 is 1.91 bits per heavy atom. The van der Waals surface area contributed by atoms with Gasteiger partial charge in [0, 0.05) is 17.5 Å². The first kappa shape index (κ1) is 22.6. The number of nitrogen functional groups attached to an aromatic ring is 1. The lowest BCUT2D eigenvalue weighted by Crippen LogP contribution is -2.30. The first-order chi connectivity index (χ1) is 15.9. The largest absolute Gasteiger partial charge is 0.464 e. The average Bonchev–Trinajstić information content (AvgIpc) is 2.84. The SMILES string of the molecule is COC(=O)c1cc(NC(=O)C(C)C2CCC(c3ccnc4ccc(F)cc34)CC2)c(N)cn1. The Labute approximate surface area is 191 Å². The monoisotopic (exact) mass is 450 g/mol. The summed E-state index contributed by atoms with van der Waals surface area (Å²) in [5, 5.41) is 3.70. The van der Waals surface area contributed by atoms with E-state index in [2.05, 4.69) is 20.0 Å². The summed E-state index contributed by atoms with van der Waals surface area (Å²) in [5.41, 5.74) is 8.56. The summed E-state index contributed by atoms with van der Waals surface area (Å²) in [6.45, 7) is 1.91. The second-order valence-corrected chi connectivity index (χ2v) is 8.60. The molecule has 1 atom stereocenters. The van der Waals surface area contributed by atoms with Crippen molar-refractivity contribution in [2.24, 2.45) is 11.8 Å². The van der Waals surface area contributed by atoms with Crippen molar-refractivity contribution in [3.8, 4) is 0 Å². The fraction of sp³-hybridized carbons (Fsp3) is 0.360. The average molecular weight is 451 g/mol. The number of benzene rings is 1. The molecule has 1 aliphatic rings. The molecule has 2 heterocycles. The number of nitrogens with zero attached hydrogens (tertiary/aromatic N) is 2. The molecule has 0 radical (unpaired) electrons. The van der Waals surface area contributed by atoms with Gasteiger partial charge in [0.1, 0.15) is 5.82 Å². The number of halogens is 1. The Balaban J connectivity index is 1.42. The van der Waals surface area contributed by atoms with Gasteiger partial charge in [-0.15, -0.1) is 0 Å². The Morgan fingerprint density at radius 1 is 1.15 bits per heavy atom. The lowest BCUT2D eigenvalue weighted by atomic mass is 9.73. The van der Waals surface area contributed by atoms with Crippen LogP contribution in [0.3, 0.4) is 0 Å². The minimum absolute atomic E-state index is 0.0798. The Morgan fingerprint density at radius 3 is 2.64 bits per heavy atom. The maximum absolute atomic E-state index is 13.8. The minimum Gasteiger partial charge on any atom is -0.464 e. The summed E-state index contributed by atoms with van der Waals surface area (Å²) in [6.07, 6.45) is 6.72. The first-order valence-corrected chi connectivity index (χ1v) is 11.1. The van der Waals surface area contributed by atoms with Gasteiger partial charge in [-0.1, -0.05) is 6.92 Å². The van der Waals surface area contributed by atoms with Crippen molar-refractivity contribution in [2.75, 3.05) is 18.2 Å². The molecule has 0 bridgehead atoms. The molecule has 7 nitrogen and oxygen atoms in total. The van der Waals surface area contributed by atoms with E-state index < -0.39 is 5.97 Å². The van der Waals surface area contributed by atoms with Crippen molar-refractivity contribution in [1.29, 1.82) is 0 Å². The van der Waals surface area contributed by atoms with Crippen LogP contribution in [0.2, 0.25) is 0 Å². The maximum atomic E-state index is 13.8. The summed E-state index contributed by atoms with van der Waals surface area (Å²) in [7, 11) is 1.27. The van der Waals surface area contributed by atoms with Crippen molar-refractivity contribution >= 4 is 34.2 Å². The molecular formula is C25H27FN4O3. The lowest BCUT2D eigenvalue weighted by molar-refractivity contribution is -0.121. The molecule has 33 heavy (non-hydrogen) atoms. The maximum Gasteiger partial charge on any atom is 0.356 e. The van der Waals surface area contributed by atoms with Gasteiger partial charge < -0.3 is 15.8 Å². The molecule has 1 saturated carbocycles. The number of nitrogens with two attached hydrogens (primary N) is 1. The number of hydrogen-bond donors (Lipinski definition) is 2. The Bertz CT molecular complexity index is 1190. The van der Waals surface area contributed by atoms with Gasteiger partial charge in [0.2, 0.25) is 5.91 Å². The fourth-order valence-electron chi connectivity index (χ4n) is 4.68. The third-order valence-electron chi connectivity index (χ3n) is 6.66. The van der Waals surface area contributed by atoms with Crippen molar-refractivity contribution in [1.82, 2.24) is 9.97 Å². The highest BCUT2D eigenvalue weighted by Crippen LogP contribution is 2.41. The van der Waals surface area contributed by atoms with Gasteiger partial charge >= 0.3 is 5.97 Å². The highest BCUT2D eigenvalue weighted by molar-refractivity contribution is 5.97. The zero-order valence-electron chi connectivity index (χ0n) is 18.7. The molecule has 3 N–H and O–H groups in total. The van der Waals surface area contributed by atoms with E-state index in [-0.39, 0.29) is 34.9 Å². The van der Waals surface area contributed by atoms with Crippen molar-refractivity contribution < 1.29 is 18.7 Å². The van der Waals surface area contributed by atoms with E-state index in [0.717, 1.165) is 42.1 Å². The summed E-state index contributed by atoms with van der Waals surface area (Å²) in [4.78, 5) is 32.9. The molecule has 8 heteroatoms. The molecule has 0 aliphatic heterocycles. The molecule has 1 aromatic carbocycles. The molecule has 1 aliphatic carbocycles. The minimum atomic E-state index is -0.597. The summed E-state index contributed by atoms with van der Waals surface area (Å²) >= 11 is 0. The van der Waals surface area contributed by atoms with Gasteiger partial charge in [-0.2, -0.15) is 0 Å². The van der Waals surface area contributed by atoms with E-state index >= 15 is 0 Å². The van der Waals surface area contributed by atoms with Crippen molar-refractivity contribution in [2.45, 2.75) is 38.5 Å². The zero-order chi connectivity index (χ0) is 23.5. The second-order valence-electron chi connectivity index (χ2n) is 8.60. The van der Waals surface area contributed by atoms with Gasteiger partial charge in [0.15, 0.2) is 5.69 Å². The molecule has 1 amide bonds. The highest BCUT2D eigenvalue weighted by Gasteiger charge is 2.30. The molecule has 172 valence electrons. The van der Waals surface area contributed by atoms with Gasteiger partial charge in [0.05, 0.1) is 30.2 Å². The number of methoxy groups -OCH3 is 1. The van der Waals surface area contributed by atoms with Crippen LogP contribution in [0.1, 0.15) is 54.6 Å². The number of ether oxygens (including phenoxy) is 1. The van der Waals surface area contributed by atoms with Crippen LogP contribution < -0.4 is 11.1 Å². The van der Waals surface area contributed by atoms with Crippen LogP contribution in [0.15, 0.2) is 42.7 Å². The summed E-state index contributed by atoms with van der Waals surface area (Å²) in [5.74, 6) is -0.714. The predicted octanol–water partition coefficient (Wildman–Crippen LogP) is 4.69. The molecule has 3 aromatic rings. The highest BCUT2D eigenvalue weighted by atomic mass is 19.1. The van der Waals surface area contributed by atoms with E-state index in [0.29, 0.717) is 11.6 Å². The fourth-order valence-corrected chi connectivity index (χ4v) is 4.68. The smallest absolute Gasteiger partial charge is 0.356 e. The topological polar surface area (TPSA) is 107 Å². The van der Waals surface area contributed by atoms with Crippen LogP contribution >= 0.6 is 0 Å². The van der Waals surface area contributed by atoms with Gasteiger partial charge in [0.25, 0.3) is 0 Å². The molecule has 1 fully saturated rings. The zero-order valence-corrected chi connectivity index (χ0v) is 18.7. The Hall–Kier alpha value is -3.55. The van der Waals surface area contributed by atoms with Crippen LogP contribution in [-0.2, 0) is 9.53 Å². The third kappa shape index (κ3) is 4.79. The second kappa shape index (κ2) is 9.52. The first-order valence-electron chi connectivity index (χ1n) is 11.1. The molecule has 4 rings (SSSR count). The number of hydrogen-bond acceptors (Lipinski definition) is 6. The number of nitrogens with one attached hydrogen (secondary N) is 1. The van der Waals surface area contributed by atoms with E-state index in [1.165, 1.54) is 25.4 Å². The molecular weight excluding hydrogens is 423 g/mol. The number of fused-ring (bicyclic) bond motifs is 1. The van der Waals surface area contributed by atoms with Gasteiger partial charge in [-0.25, -0.2) is 14.2 Å².